The quantitative estimate of drug-likeness (QED) is 0.316. The minimum atomic E-state index is -0.887. The summed E-state index contributed by atoms with van der Waals surface area (Å²) in [5.74, 6) is -0.0664. The summed E-state index contributed by atoms with van der Waals surface area (Å²) in [4.78, 5) is 13.9. The average molecular weight is 452 g/mol. The third-order valence-electron chi connectivity index (χ3n) is 6.01. The Bertz CT molecular complexity index is 912. The van der Waals surface area contributed by atoms with Crippen molar-refractivity contribution in [2.75, 3.05) is 37.8 Å². The zero-order valence-corrected chi connectivity index (χ0v) is 20.0. The monoisotopic (exact) mass is 451 g/mol. The molecular formula is C28H37NO4. The molecule has 0 aliphatic carbocycles. The van der Waals surface area contributed by atoms with Gasteiger partial charge in [-0.25, -0.2) is 4.79 Å². The molecule has 0 spiro atoms. The van der Waals surface area contributed by atoms with Crippen molar-refractivity contribution in [3.05, 3.63) is 53.6 Å². The largest absolute Gasteiger partial charge is 0.491 e. The number of carboxylic acid groups (broad SMARTS) is 1. The maximum atomic E-state index is 11.5. The molecule has 5 nitrogen and oxygen atoms in total. The highest BCUT2D eigenvalue weighted by molar-refractivity contribution is 5.93. The SMILES string of the molecule is CCCCOCCOc1ccc(-c2ccc(N3CCCCCC3)c(C=C(C)C(=O)O)c2)cc1. The molecule has 0 bridgehead atoms. The summed E-state index contributed by atoms with van der Waals surface area (Å²) < 4.78 is 11.3. The number of rotatable bonds is 11. The van der Waals surface area contributed by atoms with E-state index in [-0.39, 0.29) is 0 Å². The normalized spacial score (nSPS) is 14.7. The van der Waals surface area contributed by atoms with Crippen molar-refractivity contribution >= 4 is 17.7 Å². The molecule has 1 N–H and O–H groups in total. The summed E-state index contributed by atoms with van der Waals surface area (Å²) in [6, 6.07) is 14.4. The molecule has 0 aromatic heterocycles. The van der Waals surface area contributed by atoms with Crippen molar-refractivity contribution in [3.63, 3.8) is 0 Å². The molecule has 2 aromatic carbocycles. The van der Waals surface area contributed by atoms with Crippen LogP contribution >= 0.6 is 0 Å². The van der Waals surface area contributed by atoms with E-state index >= 15 is 0 Å². The van der Waals surface area contributed by atoms with Crippen LogP contribution in [0.5, 0.6) is 5.75 Å². The summed E-state index contributed by atoms with van der Waals surface area (Å²) in [7, 11) is 0. The Balaban J connectivity index is 1.75. The molecule has 1 fully saturated rings. The highest BCUT2D eigenvalue weighted by atomic mass is 16.5. The molecular weight excluding hydrogens is 414 g/mol. The van der Waals surface area contributed by atoms with Gasteiger partial charge in [0.15, 0.2) is 0 Å². The molecule has 178 valence electrons. The molecule has 0 saturated carbocycles. The van der Waals surface area contributed by atoms with Crippen LogP contribution in [0.15, 0.2) is 48.0 Å². The van der Waals surface area contributed by atoms with Gasteiger partial charge in [-0.2, -0.15) is 0 Å². The molecule has 5 heteroatoms. The summed E-state index contributed by atoms with van der Waals surface area (Å²) in [6.07, 6.45) is 8.87. The topological polar surface area (TPSA) is 59.0 Å². The zero-order chi connectivity index (χ0) is 23.5. The van der Waals surface area contributed by atoms with E-state index in [0.29, 0.717) is 18.8 Å². The Labute approximate surface area is 198 Å². The lowest BCUT2D eigenvalue weighted by Crippen LogP contribution is -2.24. The van der Waals surface area contributed by atoms with E-state index in [1.165, 1.54) is 25.7 Å². The van der Waals surface area contributed by atoms with Crippen LogP contribution in [0.25, 0.3) is 17.2 Å². The van der Waals surface area contributed by atoms with Gasteiger partial charge in [0.25, 0.3) is 0 Å². The van der Waals surface area contributed by atoms with Gasteiger partial charge >= 0.3 is 5.97 Å². The van der Waals surface area contributed by atoms with Crippen molar-refractivity contribution in [1.82, 2.24) is 0 Å². The molecule has 1 aliphatic heterocycles. The zero-order valence-electron chi connectivity index (χ0n) is 20.0. The first-order chi connectivity index (χ1) is 16.1. The third kappa shape index (κ3) is 7.64. The second-order valence-corrected chi connectivity index (χ2v) is 8.65. The maximum absolute atomic E-state index is 11.5. The standard InChI is InChI=1S/C28H37NO4/c1-3-4-17-32-18-19-33-26-12-9-23(10-13-26)24-11-14-27(29-15-7-5-6-8-16-29)25(21-24)20-22(2)28(30)31/h9-14,20-21H,3-8,15-19H2,1-2H3,(H,30,31). The lowest BCUT2D eigenvalue weighted by Gasteiger charge is -2.25. The molecule has 1 saturated heterocycles. The molecule has 1 heterocycles. The number of unbranched alkanes of at least 4 members (excludes halogenated alkanes) is 1. The van der Waals surface area contributed by atoms with Gasteiger partial charge in [0.05, 0.1) is 6.61 Å². The first-order valence-electron chi connectivity index (χ1n) is 12.2. The average Bonchev–Trinajstić information content (AvgIpc) is 3.11. The van der Waals surface area contributed by atoms with Crippen LogP contribution in [-0.4, -0.2) is 44.0 Å². The fourth-order valence-corrected chi connectivity index (χ4v) is 4.05. The van der Waals surface area contributed by atoms with Gasteiger partial charge in [-0.15, -0.1) is 0 Å². The number of ether oxygens (including phenoxy) is 2. The number of carboxylic acids is 1. The van der Waals surface area contributed by atoms with Crippen LogP contribution in [0.4, 0.5) is 5.69 Å². The molecule has 0 radical (unpaired) electrons. The number of hydrogen-bond acceptors (Lipinski definition) is 4. The van der Waals surface area contributed by atoms with Crippen LogP contribution in [-0.2, 0) is 9.53 Å². The second-order valence-electron chi connectivity index (χ2n) is 8.65. The van der Waals surface area contributed by atoms with Crippen molar-refractivity contribution in [2.24, 2.45) is 0 Å². The van der Waals surface area contributed by atoms with E-state index in [1.54, 1.807) is 13.0 Å². The van der Waals surface area contributed by atoms with Gasteiger partial charge in [-0.05, 0) is 73.2 Å². The van der Waals surface area contributed by atoms with Crippen molar-refractivity contribution in [3.8, 4) is 16.9 Å². The Kier molecular flexibility index (Phi) is 9.82. The van der Waals surface area contributed by atoms with Crippen molar-refractivity contribution < 1.29 is 19.4 Å². The van der Waals surface area contributed by atoms with E-state index < -0.39 is 5.97 Å². The highest BCUT2D eigenvalue weighted by Gasteiger charge is 2.15. The fraction of sp³-hybridized carbons (Fsp3) is 0.464. The molecule has 1 aliphatic rings. The van der Waals surface area contributed by atoms with Gasteiger partial charge in [0.2, 0.25) is 0 Å². The number of anilines is 1. The Hall–Kier alpha value is -2.79. The summed E-state index contributed by atoms with van der Waals surface area (Å²) in [5, 5.41) is 9.43. The summed E-state index contributed by atoms with van der Waals surface area (Å²) >= 11 is 0. The highest BCUT2D eigenvalue weighted by Crippen LogP contribution is 2.31. The first kappa shape index (κ1) is 24.8. The molecule has 2 aromatic rings. The van der Waals surface area contributed by atoms with E-state index in [1.807, 2.05) is 24.3 Å². The smallest absolute Gasteiger partial charge is 0.331 e. The summed E-state index contributed by atoms with van der Waals surface area (Å²) in [6.45, 7) is 7.75. The number of carbonyl (C=O) groups is 1. The minimum absolute atomic E-state index is 0.341. The van der Waals surface area contributed by atoms with Crippen LogP contribution < -0.4 is 9.64 Å². The molecule has 0 unspecified atom stereocenters. The Morgan fingerprint density at radius 2 is 1.67 bits per heavy atom. The van der Waals surface area contributed by atoms with Crippen LogP contribution in [0.2, 0.25) is 0 Å². The predicted octanol–water partition coefficient (Wildman–Crippen LogP) is 6.42. The van der Waals surface area contributed by atoms with E-state index in [9.17, 15) is 9.90 Å². The fourth-order valence-electron chi connectivity index (χ4n) is 4.05. The molecule has 3 rings (SSSR count). The number of benzene rings is 2. The third-order valence-corrected chi connectivity index (χ3v) is 6.01. The van der Waals surface area contributed by atoms with E-state index in [0.717, 1.165) is 60.7 Å². The first-order valence-corrected chi connectivity index (χ1v) is 12.2. The van der Waals surface area contributed by atoms with Gasteiger partial charge in [-0.1, -0.05) is 44.4 Å². The van der Waals surface area contributed by atoms with Crippen LogP contribution in [0.3, 0.4) is 0 Å². The number of nitrogens with zero attached hydrogens (tertiary/aromatic N) is 1. The van der Waals surface area contributed by atoms with Gasteiger partial charge in [0.1, 0.15) is 12.4 Å². The van der Waals surface area contributed by atoms with Gasteiger partial charge < -0.3 is 19.5 Å². The molecule has 33 heavy (non-hydrogen) atoms. The number of hydrogen-bond donors (Lipinski definition) is 1. The molecule has 0 amide bonds. The maximum Gasteiger partial charge on any atom is 0.331 e. The van der Waals surface area contributed by atoms with Crippen LogP contribution in [0.1, 0.15) is 57.9 Å². The minimum Gasteiger partial charge on any atom is -0.491 e. The van der Waals surface area contributed by atoms with Crippen molar-refractivity contribution in [2.45, 2.75) is 52.4 Å². The van der Waals surface area contributed by atoms with E-state index in [2.05, 4.69) is 30.0 Å². The van der Waals surface area contributed by atoms with Gasteiger partial charge in [0, 0.05) is 31.0 Å². The molecule has 0 atom stereocenters. The van der Waals surface area contributed by atoms with Crippen molar-refractivity contribution in [1.29, 1.82) is 0 Å². The van der Waals surface area contributed by atoms with E-state index in [4.69, 9.17) is 9.47 Å². The summed E-state index contributed by atoms with van der Waals surface area (Å²) in [5.41, 5.74) is 4.55. The number of aliphatic carboxylic acids is 1. The Morgan fingerprint density at radius 1 is 0.970 bits per heavy atom. The lowest BCUT2D eigenvalue weighted by atomic mass is 9.99. The Morgan fingerprint density at radius 3 is 2.33 bits per heavy atom. The van der Waals surface area contributed by atoms with Gasteiger partial charge in [-0.3, -0.25) is 0 Å². The second kappa shape index (κ2) is 13.0. The predicted molar refractivity (Wildman–Crippen MR) is 135 cm³/mol. The van der Waals surface area contributed by atoms with Crippen LogP contribution in [0, 0.1) is 0 Å². The lowest BCUT2D eigenvalue weighted by molar-refractivity contribution is -0.132.